The van der Waals surface area contributed by atoms with Crippen LogP contribution in [-0.4, -0.2) is 64.9 Å². The Kier molecular flexibility index (Phi) is 9.37. The van der Waals surface area contributed by atoms with E-state index in [4.69, 9.17) is 5.73 Å². The second-order valence-corrected chi connectivity index (χ2v) is 7.85. The molecular weight excluding hydrogens is 364 g/mol. The molecule has 0 spiro atoms. The van der Waals surface area contributed by atoms with E-state index in [0.29, 0.717) is 32.2 Å². The molecule has 1 rings (SSSR count). The lowest BCUT2D eigenvalue weighted by molar-refractivity contribution is -0.150. The quantitative estimate of drug-likeness (QED) is 0.411. The van der Waals surface area contributed by atoms with Crippen LogP contribution in [0.4, 0.5) is 0 Å². The Balaban J connectivity index is 2.99. The second kappa shape index (κ2) is 11.0. The summed E-state index contributed by atoms with van der Waals surface area (Å²) in [7, 11) is 0. The molecule has 0 aliphatic carbocycles. The molecule has 0 aromatic heterocycles. The van der Waals surface area contributed by atoms with Gasteiger partial charge in [-0.1, -0.05) is 34.1 Å². The topological polar surface area (TPSA) is 142 Å². The van der Waals surface area contributed by atoms with Gasteiger partial charge in [0.05, 0.1) is 6.54 Å². The highest BCUT2D eigenvalue weighted by Crippen LogP contribution is 2.21. The summed E-state index contributed by atoms with van der Waals surface area (Å²) < 4.78 is 0. The smallest absolute Gasteiger partial charge is 0.326 e. The van der Waals surface area contributed by atoms with Crippen LogP contribution in [0.3, 0.4) is 0 Å². The minimum Gasteiger partial charge on any atom is -0.480 e. The number of rotatable bonds is 10. The Labute approximate surface area is 166 Å². The molecule has 1 fully saturated rings. The summed E-state index contributed by atoms with van der Waals surface area (Å²) in [5.41, 5.74) is 5.34. The Hall–Kier alpha value is -2.16. The first-order chi connectivity index (χ1) is 13.1. The van der Waals surface area contributed by atoms with Crippen molar-refractivity contribution in [3.05, 3.63) is 0 Å². The minimum atomic E-state index is -1.03. The zero-order valence-corrected chi connectivity index (χ0v) is 17.2. The summed E-state index contributed by atoms with van der Waals surface area (Å²) >= 11 is 0. The lowest BCUT2D eigenvalue weighted by atomic mass is 9.96. The predicted molar refractivity (Wildman–Crippen MR) is 104 cm³/mol. The lowest BCUT2D eigenvalue weighted by Gasteiger charge is -2.31. The number of hydrogen-bond donors (Lipinski definition) is 4. The minimum absolute atomic E-state index is 0.140. The summed E-state index contributed by atoms with van der Waals surface area (Å²) in [6, 6.07) is -2.51. The molecule has 160 valence electrons. The van der Waals surface area contributed by atoms with Gasteiger partial charge in [0, 0.05) is 6.54 Å². The van der Waals surface area contributed by atoms with E-state index in [1.807, 2.05) is 27.7 Å². The van der Waals surface area contributed by atoms with Crippen molar-refractivity contribution in [1.29, 1.82) is 0 Å². The van der Waals surface area contributed by atoms with Gasteiger partial charge in [-0.2, -0.15) is 0 Å². The number of hydrogen-bond acceptors (Lipinski definition) is 5. The molecule has 0 bridgehead atoms. The van der Waals surface area contributed by atoms with Crippen molar-refractivity contribution in [3.63, 3.8) is 0 Å². The van der Waals surface area contributed by atoms with E-state index in [1.54, 1.807) is 0 Å². The van der Waals surface area contributed by atoms with Crippen molar-refractivity contribution < 1.29 is 24.3 Å². The Morgan fingerprint density at radius 1 is 1.18 bits per heavy atom. The van der Waals surface area contributed by atoms with E-state index in [1.165, 1.54) is 4.90 Å². The van der Waals surface area contributed by atoms with Gasteiger partial charge in [-0.3, -0.25) is 14.4 Å². The number of carboxylic acid groups (broad SMARTS) is 1. The Morgan fingerprint density at radius 2 is 1.82 bits per heavy atom. The summed E-state index contributed by atoms with van der Waals surface area (Å²) in [6.07, 6.45) is 2.06. The van der Waals surface area contributed by atoms with Crippen LogP contribution in [0.1, 0.15) is 53.4 Å². The van der Waals surface area contributed by atoms with Gasteiger partial charge in [0.15, 0.2) is 0 Å². The first kappa shape index (κ1) is 23.9. The average Bonchev–Trinajstić information content (AvgIpc) is 3.13. The zero-order chi connectivity index (χ0) is 21.4. The van der Waals surface area contributed by atoms with Crippen molar-refractivity contribution in [2.45, 2.75) is 71.5 Å². The van der Waals surface area contributed by atoms with E-state index in [9.17, 15) is 24.3 Å². The van der Waals surface area contributed by atoms with Crippen LogP contribution in [0.25, 0.3) is 0 Å². The van der Waals surface area contributed by atoms with Crippen LogP contribution < -0.4 is 16.4 Å². The molecule has 28 heavy (non-hydrogen) atoms. The largest absolute Gasteiger partial charge is 0.480 e. The number of carboxylic acids is 1. The molecule has 5 N–H and O–H groups in total. The molecule has 4 atom stereocenters. The maximum Gasteiger partial charge on any atom is 0.326 e. The molecule has 0 aromatic carbocycles. The molecule has 1 heterocycles. The maximum atomic E-state index is 13.1. The second-order valence-electron chi connectivity index (χ2n) is 7.85. The molecular formula is C19H34N4O5. The number of amides is 3. The molecule has 1 saturated heterocycles. The van der Waals surface area contributed by atoms with Crippen LogP contribution in [0.5, 0.6) is 0 Å². The van der Waals surface area contributed by atoms with Crippen molar-refractivity contribution in [3.8, 4) is 0 Å². The highest BCUT2D eigenvalue weighted by molar-refractivity contribution is 5.94. The third kappa shape index (κ3) is 6.47. The summed E-state index contributed by atoms with van der Waals surface area (Å²) in [5.74, 6) is -2.37. The van der Waals surface area contributed by atoms with Gasteiger partial charge < -0.3 is 26.4 Å². The van der Waals surface area contributed by atoms with Gasteiger partial charge in [0.2, 0.25) is 17.7 Å². The van der Waals surface area contributed by atoms with Gasteiger partial charge in [0.25, 0.3) is 0 Å². The van der Waals surface area contributed by atoms with E-state index < -0.39 is 35.9 Å². The molecule has 3 amide bonds. The number of carbonyl (C=O) groups excluding carboxylic acids is 3. The van der Waals surface area contributed by atoms with Gasteiger partial charge in [-0.05, 0) is 31.1 Å². The normalized spacial score (nSPS) is 19.8. The van der Waals surface area contributed by atoms with Crippen LogP contribution in [0.15, 0.2) is 0 Å². The van der Waals surface area contributed by atoms with E-state index >= 15 is 0 Å². The van der Waals surface area contributed by atoms with Crippen LogP contribution in [0, 0.1) is 11.8 Å². The summed E-state index contributed by atoms with van der Waals surface area (Å²) in [6.45, 7) is 7.71. The van der Waals surface area contributed by atoms with Crippen LogP contribution >= 0.6 is 0 Å². The highest BCUT2D eigenvalue weighted by atomic mass is 16.4. The molecule has 0 saturated carbocycles. The standard InChI is InChI=1S/C19H34N4O5/c1-5-12(4)16(18(26)23-8-6-7-14(23)19(27)28)22-17(25)13(9-11(2)3)21-15(24)10-20/h11-14,16H,5-10,20H2,1-4H3,(H,21,24)(H,22,25)(H,27,28). The fourth-order valence-corrected chi connectivity index (χ4v) is 3.36. The summed E-state index contributed by atoms with van der Waals surface area (Å²) in [5, 5.41) is 14.7. The lowest BCUT2D eigenvalue weighted by Crippen LogP contribution is -2.58. The third-order valence-electron chi connectivity index (χ3n) is 5.14. The van der Waals surface area contributed by atoms with Gasteiger partial charge in [-0.15, -0.1) is 0 Å². The maximum absolute atomic E-state index is 13.1. The average molecular weight is 399 g/mol. The zero-order valence-electron chi connectivity index (χ0n) is 17.2. The highest BCUT2D eigenvalue weighted by Gasteiger charge is 2.39. The number of likely N-dealkylation sites (tertiary alicyclic amines) is 1. The van der Waals surface area contributed by atoms with Gasteiger partial charge in [0.1, 0.15) is 18.1 Å². The van der Waals surface area contributed by atoms with E-state index in [-0.39, 0.29) is 24.3 Å². The number of nitrogens with two attached hydrogens (primary N) is 1. The van der Waals surface area contributed by atoms with Gasteiger partial charge in [-0.25, -0.2) is 4.79 Å². The molecule has 9 heteroatoms. The van der Waals surface area contributed by atoms with Crippen LogP contribution in [-0.2, 0) is 19.2 Å². The monoisotopic (exact) mass is 398 g/mol. The number of carbonyl (C=O) groups is 4. The first-order valence-corrected chi connectivity index (χ1v) is 9.95. The van der Waals surface area contributed by atoms with Gasteiger partial charge >= 0.3 is 5.97 Å². The number of aliphatic carboxylic acids is 1. The number of nitrogens with zero attached hydrogens (tertiary/aromatic N) is 1. The van der Waals surface area contributed by atoms with Crippen molar-refractivity contribution in [2.24, 2.45) is 17.6 Å². The molecule has 0 aromatic rings. The van der Waals surface area contributed by atoms with Crippen molar-refractivity contribution in [1.82, 2.24) is 15.5 Å². The van der Waals surface area contributed by atoms with Crippen molar-refractivity contribution >= 4 is 23.7 Å². The summed E-state index contributed by atoms with van der Waals surface area (Å²) in [4.78, 5) is 50.4. The molecule has 1 aliphatic heterocycles. The Morgan fingerprint density at radius 3 is 2.32 bits per heavy atom. The molecule has 4 unspecified atom stereocenters. The number of nitrogens with one attached hydrogen (secondary N) is 2. The Bertz CT molecular complexity index is 581. The molecule has 1 aliphatic rings. The van der Waals surface area contributed by atoms with Crippen LogP contribution in [0.2, 0.25) is 0 Å². The van der Waals surface area contributed by atoms with E-state index in [0.717, 1.165) is 0 Å². The fourth-order valence-electron chi connectivity index (χ4n) is 3.36. The fraction of sp³-hybridized carbons (Fsp3) is 0.789. The predicted octanol–water partition coefficient (Wildman–Crippen LogP) is 0.0825. The third-order valence-corrected chi connectivity index (χ3v) is 5.14. The molecule has 0 radical (unpaired) electrons. The van der Waals surface area contributed by atoms with Crippen molar-refractivity contribution in [2.75, 3.05) is 13.1 Å². The first-order valence-electron chi connectivity index (χ1n) is 9.95. The molecule has 9 nitrogen and oxygen atoms in total. The van der Waals surface area contributed by atoms with E-state index in [2.05, 4.69) is 10.6 Å². The SMILES string of the molecule is CCC(C)C(NC(=O)C(CC(C)C)NC(=O)CN)C(=O)N1CCCC1C(=O)O.